The average molecular weight is 477 g/mol. The molecule has 6 nitrogen and oxygen atoms in total. The number of aromatic nitrogens is 3. The number of hydrogen-bond donors (Lipinski definition) is 1. The molecule has 9 heteroatoms. The van der Waals surface area contributed by atoms with Gasteiger partial charge in [0.1, 0.15) is 5.75 Å². The molecule has 0 radical (unpaired) electrons. The molecule has 1 unspecified atom stereocenters. The summed E-state index contributed by atoms with van der Waals surface area (Å²) in [6, 6.07) is 14.6. The lowest BCUT2D eigenvalue weighted by Crippen LogP contribution is -2.24. The standard InChI is InChI=1S/C22H22Cl2N4O2S/c1-3-12-28-21(15(2)30-19-7-5-4-6-18(19)24)26-27-22(28)31-14-20(29)25-13-16-8-10-17(23)11-9-16/h3-11,15H,1,12-14H2,2H3,(H,25,29). The first-order chi connectivity index (χ1) is 15.0. The Bertz CT molecular complexity index is 1040. The van der Waals surface area contributed by atoms with Gasteiger partial charge in [-0.3, -0.25) is 9.36 Å². The van der Waals surface area contributed by atoms with Gasteiger partial charge in [0.15, 0.2) is 17.1 Å². The summed E-state index contributed by atoms with van der Waals surface area (Å²) in [5.41, 5.74) is 0.977. The van der Waals surface area contributed by atoms with E-state index in [2.05, 4.69) is 22.1 Å². The number of allylic oxidation sites excluding steroid dienone is 1. The van der Waals surface area contributed by atoms with Crippen molar-refractivity contribution in [3.63, 3.8) is 0 Å². The van der Waals surface area contributed by atoms with E-state index >= 15 is 0 Å². The Labute approximate surface area is 195 Å². The first kappa shape index (κ1) is 23.2. The summed E-state index contributed by atoms with van der Waals surface area (Å²) in [4.78, 5) is 12.3. The van der Waals surface area contributed by atoms with E-state index in [0.717, 1.165) is 5.56 Å². The van der Waals surface area contributed by atoms with Crippen molar-refractivity contribution < 1.29 is 9.53 Å². The van der Waals surface area contributed by atoms with Crippen LogP contribution in [0, 0.1) is 0 Å². The maximum atomic E-state index is 12.3. The van der Waals surface area contributed by atoms with Gasteiger partial charge in [-0.25, -0.2) is 0 Å². The smallest absolute Gasteiger partial charge is 0.230 e. The monoisotopic (exact) mass is 476 g/mol. The summed E-state index contributed by atoms with van der Waals surface area (Å²) in [6.07, 6.45) is 1.36. The van der Waals surface area contributed by atoms with Gasteiger partial charge in [0.2, 0.25) is 5.91 Å². The van der Waals surface area contributed by atoms with Crippen LogP contribution in [-0.2, 0) is 17.9 Å². The number of halogens is 2. The lowest BCUT2D eigenvalue weighted by atomic mass is 10.2. The maximum Gasteiger partial charge on any atom is 0.230 e. The molecule has 1 heterocycles. The SMILES string of the molecule is C=CCn1c(SCC(=O)NCc2ccc(Cl)cc2)nnc1C(C)Oc1ccccc1Cl. The Hall–Kier alpha value is -2.48. The van der Waals surface area contributed by atoms with Crippen LogP contribution in [-0.4, -0.2) is 26.4 Å². The summed E-state index contributed by atoms with van der Waals surface area (Å²) >= 11 is 13.4. The van der Waals surface area contributed by atoms with E-state index < -0.39 is 0 Å². The average Bonchev–Trinajstić information content (AvgIpc) is 3.16. The summed E-state index contributed by atoms with van der Waals surface area (Å²) in [6.45, 7) is 6.61. The summed E-state index contributed by atoms with van der Waals surface area (Å²) in [5.74, 6) is 1.31. The Morgan fingerprint density at radius 3 is 2.68 bits per heavy atom. The van der Waals surface area contributed by atoms with Gasteiger partial charge in [0.05, 0.1) is 10.8 Å². The van der Waals surface area contributed by atoms with Crippen molar-refractivity contribution in [3.05, 3.63) is 82.6 Å². The molecule has 0 aliphatic rings. The molecule has 0 fully saturated rings. The van der Waals surface area contributed by atoms with Crippen LogP contribution in [0.25, 0.3) is 0 Å². The predicted octanol–water partition coefficient (Wildman–Crippen LogP) is 5.32. The van der Waals surface area contributed by atoms with Gasteiger partial charge < -0.3 is 10.1 Å². The molecule has 162 valence electrons. The summed E-state index contributed by atoms with van der Waals surface area (Å²) in [5, 5.41) is 13.2. The fraction of sp³-hybridized carbons (Fsp3) is 0.227. The minimum Gasteiger partial charge on any atom is -0.481 e. The van der Waals surface area contributed by atoms with E-state index in [9.17, 15) is 4.79 Å². The molecule has 1 N–H and O–H groups in total. The second-order valence-corrected chi connectivity index (χ2v) is 8.41. The Kier molecular flexibility index (Phi) is 8.40. The van der Waals surface area contributed by atoms with Gasteiger partial charge in [-0.2, -0.15) is 0 Å². The van der Waals surface area contributed by atoms with Crippen molar-refractivity contribution in [3.8, 4) is 5.75 Å². The molecule has 0 saturated carbocycles. The number of ether oxygens (including phenoxy) is 1. The van der Waals surface area contributed by atoms with Gasteiger partial charge in [0, 0.05) is 18.1 Å². The van der Waals surface area contributed by atoms with Gasteiger partial charge in [-0.05, 0) is 36.8 Å². The molecule has 0 bridgehead atoms. The topological polar surface area (TPSA) is 69.0 Å². The van der Waals surface area contributed by atoms with Crippen LogP contribution >= 0.6 is 35.0 Å². The molecule has 0 aliphatic heterocycles. The van der Waals surface area contributed by atoms with Crippen molar-refractivity contribution in [2.45, 2.75) is 31.3 Å². The van der Waals surface area contributed by atoms with Crippen LogP contribution in [0.5, 0.6) is 5.75 Å². The summed E-state index contributed by atoms with van der Waals surface area (Å²) < 4.78 is 7.85. The molecule has 1 amide bonds. The van der Waals surface area contributed by atoms with Crippen molar-refractivity contribution in [2.75, 3.05) is 5.75 Å². The van der Waals surface area contributed by atoms with E-state index in [0.29, 0.717) is 39.9 Å². The molecular weight excluding hydrogens is 455 g/mol. The van der Waals surface area contributed by atoms with E-state index in [-0.39, 0.29) is 17.8 Å². The van der Waals surface area contributed by atoms with E-state index in [1.165, 1.54) is 11.8 Å². The number of hydrogen-bond acceptors (Lipinski definition) is 5. The fourth-order valence-electron chi connectivity index (χ4n) is 2.78. The van der Waals surface area contributed by atoms with Gasteiger partial charge in [-0.1, -0.05) is 65.3 Å². The van der Waals surface area contributed by atoms with Crippen molar-refractivity contribution in [2.24, 2.45) is 0 Å². The highest BCUT2D eigenvalue weighted by Gasteiger charge is 2.20. The van der Waals surface area contributed by atoms with Gasteiger partial charge in [0.25, 0.3) is 0 Å². The predicted molar refractivity (Wildman–Crippen MR) is 125 cm³/mol. The molecule has 1 aromatic heterocycles. The summed E-state index contributed by atoms with van der Waals surface area (Å²) in [7, 11) is 0. The number of amides is 1. The third-order valence-corrected chi connectivity index (χ3v) is 5.83. The molecule has 3 aromatic rings. The zero-order chi connectivity index (χ0) is 22.2. The van der Waals surface area contributed by atoms with Crippen molar-refractivity contribution in [1.29, 1.82) is 0 Å². The Balaban J connectivity index is 1.61. The molecule has 0 spiro atoms. The first-order valence-corrected chi connectivity index (χ1v) is 11.3. The molecule has 3 rings (SSSR count). The molecule has 0 aliphatic carbocycles. The number of nitrogens with zero attached hydrogens (tertiary/aromatic N) is 3. The Morgan fingerprint density at radius 1 is 1.23 bits per heavy atom. The third kappa shape index (κ3) is 6.50. The van der Waals surface area contributed by atoms with E-state index in [1.54, 1.807) is 30.3 Å². The van der Waals surface area contributed by atoms with Gasteiger partial charge >= 0.3 is 0 Å². The van der Waals surface area contributed by atoms with E-state index in [4.69, 9.17) is 27.9 Å². The third-order valence-electron chi connectivity index (χ3n) is 4.30. The first-order valence-electron chi connectivity index (χ1n) is 9.57. The second kappa shape index (κ2) is 11.2. The minimum atomic E-state index is -0.388. The molecule has 0 saturated heterocycles. The fourth-order valence-corrected chi connectivity index (χ4v) is 3.87. The number of carbonyl (C=O) groups is 1. The molecular formula is C22H22Cl2N4O2S. The van der Waals surface area contributed by atoms with Crippen LogP contribution in [0.2, 0.25) is 10.0 Å². The van der Waals surface area contributed by atoms with Crippen LogP contribution < -0.4 is 10.1 Å². The van der Waals surface area contributed by atoms with Crippen molar-refractivity contribution >= 4 is 40.9 Å². The Morgan fingerprint density at radius 2 is 1.97 bits per heavy atom. The number of para-hydroxylation sites is 1. The van der Waals surface area contributed by atoms with Crippen LogP contribution in [0.15, 0.2) is 66.3 Å². The highest BCUT2D eigenvalue weighted by Crippen LogP contribution is 2.29. The number of carbonyl (C=O) groups excluding carboxylic acids is 1. The quantitative estimate of drug-likeness (QED) is 0.316. The molecule has 31 heavy (non-hydrogen) atoms. The second-order valence-electron chi connectivity index (χ2n) is 6.62. The molecule has 2 aromatic carbocycles. The highest BCUT2D eigenvalue weighted by molar-refractivity contribution is 7.99. The normalized spacial score (nSPS) is 11.7. The molecule has 1 atom stereocenters. The number of nitrogens with one attached hydrogen (secondary N) is 1. The minimum absolute atomic E-state index is 0.102. The largest absolute Gasteiger partial charge is 0.481 e. The zero-order valence-corrected chi connectivity index (χ0v) is 19.3. The van der Waals surface area contributed by atoms with Crippen molar-refractivity contribution in [1.82, 2.24) is 20.1 Å². The lowest BCUT2D eigenvalue weighted by molar-refractivity contribution is -0.118. The van der Waals surface area contributed by atoms with Crippen LogP contribution in [0.3, 0.4) is 0 Å². The zero-order valence-electron chi connectivity index (χ0n) is 16.9. The highest BCUT2D eigenvalue weighted by atomic mass is 35.5. The van der Waals surface area contributed by atoms with E-state index in [1.807, 2.05) is 35.8 Å². The number of benzene rings is 2. The van der Waals surface area contributed by atoms with Gasteiger partial charge in [-0.15, -0.1) is 16.8 Å². The van der Waals surface area contributed by atoms with Crippen LogP contribution in [0.4, 0.5) is 0 Å². The van der Waals surface area contributed by atoms with Crippen LogP contribution in [0.1, 0.15) is 24.4 Å². The maximum absolute atomic E-state index is 12.3. The number of thioether (sulfide) groups is 1. The lowest BCUT2D eigenvalue weighted by Gasteiger charge is -2.16. The number of rotatable bonds is 10.